The summed E-state index contributed by atoms with van der Waals surface area (Å²) in [6.45, 7) is -2.89. The molecule has 1 amide bonds. The normalized spacial score (nSPS) is 14.0. The third-order valence-corrected chi connectivity index (χ3v) is 3.93. The minimum Gasteiger partial charge on any atom is -0.440 e. The molecule has 128 valence electrons. The molecule has 1 heterocycles. The molecule has 1 aromatic heterocycles. The van der Waals surface area contributed by atoms with Crippen molar-refractivity contribution in [3.8, 4) is 5.75 Å². The van der Waals surface area contributed by atoms with Crippen LogP contribution in [0.5, 0.6) is 5.75 Å². The second-order valence-electron chi connectivity index (χ2n) is 5.87. The van der Waals surface area contributed by atoms with Crippen LogP contribution in [-0.2, 0) is 0 Å². The van der Waals surface area contributed by atoms with E-state index < -0.39 is 6.61 Å². The number of aromatic nitrogens is 1. The number of carbonyl (C=O) groups is 1. The van der Waals surface area contributed by atoms with Gasteiger partial charge in [-0.2, -0.15) is 8.78 Å². The molecule has 1 aliphatic carbocycles. The fraction of sp³-hybridized carbons (Fsp3) is 0.222. The van der Waals surface area contributed by atoms with Crippen LogP contribution in [-0.4, -0.2) is 17.5 Å². The lowest BCUT2D eigenvalue weighted by Gasteiger charge is -2.07. The summed E-state index contributed by atoms with van der Waals surface area (Å²) in [5.41, 5.74) is 2.30. The van der Waals surface area contributed by atoms with E-state index in [0.29, 0.717) is 28.3 Å². The number of hydrogen-bond donors (Lipinski definition) is 1. The molecule has 5 nitrogen and oxygen atoms in total. The highest BCUT2D eigenvalue weighted by atomic mass is 19.3. The van der Waals surface area contributed by atoms with E-state index in [9.17, 15) is 13.6 Å². The standard InChI is InChI=1S/C18H14F2N2O3/c19-18(20)24-13-6-3-10(4-7-13)16(23)21-12-5-8-15-14(9-12)22-17(25-15)11-1-2-11/h3-9,11,18H,1-2H2,(H,21,23). The Labute approximate surface area is 141 Å². The summed E-state index contributed by atoms with van der Waals surface area (Å²) >= 11 is 0. The van der Waals surface area contributed by atoms with Crippen molar-refractivity contribution >= 4 is 22.7 Å². The van der Waals surface area contributed by atoms with Crippen molar-refractivity contribution in [1.82, 2.24) is 4.98 Å². The van der Waals surface area contributed by atoms with E-state index in [1.54, 1.807) is 18.2 Å². The van der Waals surface area contributed by atoms with Crippen LogP contribution >= 0.6 is 0 Å². The van der Waals surface area contributed by atoms with Crippen molar-refractivity contribution < 1.29 is 22.7 Å². The molecule has 0 spiro atoms. The van der Waals surface area contributed by atoms with Crippen molar-refractivity contribution in [3.05, 3.63) is 53.9 Å². The number of hydrogen-bond acceptors (Lipinski definition) is 4. The summed E-state index contributed by atoms with van der Waals surface area (Å²) in [5.74, 6) is 0.810. The van der Waals surface area contributed by atoms with E-state index in [-0.39, 0.29) is 11.7 Å². The number of anilines is 1. The van der Waals surface area contributed by atoms with Gasteiger partial charge >= 0.3 is 6.61 Å². The fourth-order valence-electron chi connectivity index (χ4n) is 2.52. The van der Waals surface area contributed by atoms with E-state index in [1.807, 2.05) is 0 Å². The lowest BCUT2D eigenvalue weighted by Crippen LogP contribution is -2.11. The van der Waals surface area contributed by atoms with Crippen LogP contribution in [0, 0.1) is 0 Å². The first-order valence-corrected chi connectivity index (χ1v) is 7.85. The number of ether oxygens (including phenoxy) is 1. The topological polar surface area (TPSA) is 64.4 Å². The van der Waals surface area contributed by atoms with Gasteiger partial charge in [-0.25, -0.2) is 4.98 Å². The largest absolute Gasteiger partial charge is 0.440 e. The van der Waals surface area contributed by atoms with Gasteiger partial charge in [-0.15, -0.1) is 0 Å². The minimum atomic E-state index is -2.89. The van der Waals surface area contributed by atoms with Crippen LogP contribution in [0.2, 0.25) is 0 Å². The van der Waals surface area contributed by atoms with Crippen LogP contribution < -0.4 is 10.1 Å². The Hall–Kier alpha value is -2.96. The van der Waals surface area contributed by atoms with Crippen LogP contribution in [0.3, 0.4) is 0 Å². The first-order valence-electron chi connectivity index (χ1n) is 7.85. The molecule has 7 heteroatoms. The van der Waals surface area contributed by atoms with Crippen LogP contribution in [0.25, 0.3) is 11.1 Å². The third kappa shape index (κ3) is 3.45. The van der Waals surface area contributed by atoms with Crippen LogP contribution in [0.1, 0.15) is 35.0 Å². The van der Waals surface area contributed by atoms with E-state index >= 15 is 0 Å². The molecule has 0 unspecified atom stereocenters. The van der Waals surface area contributed by atoms with E-state index in [4.69, 9.17) is 4.42 Å². The quantitative estimate of drug-likeness (QED) is 0.737. The number of carbonyl (C=O) groups excluding carboxylic acids is 1. The van der Waals surface area contributed by atoms with E-state index in [2.05, 4.69) is 15.0 Å². The molecular formula is C18H14F2N2O3. The molecule has 4 rings (SSSR count). The van der Waals surface area contributed by atoms with Gasteiger partial charge in [-0.1, -0.05) is 0 Å². The predicted molar refractivity (Wildman–Crippen MR) is 87.0 cm³/mol. The lowest BCUT2D eigenvalue weighted by molar-refractivity contribution is -0.0498. The number of fused-ring (bicyclic) bond motifs is 1. The zero-order valence-corrected chi connectivity index (χ0v) is 13.0. The molecule has 25 heavy (non-hydrogen) atoms. The molecule has 3 aromatic rings. The van der Waals surface area contributed by atoms with Gasteiger partial charge < -0.3 is 14.5 Å². The predicted octanol–water partition coefficient (Wildman–Crippen LogP) is 4.56. The first kappa shape index (κ1) is 15.6. The van der Waals surface area contributed by atoms with E-state index in [1.165, 1.54) is 24.3 Å². The number of amides is 1. The van der Waals surface area contributed by atoms with Gasteiger partial charge in [0.1, 0.15) is 11.3 Å². The summed E-state index contributed by atoms with van der Waals surface area (Å²) in [7, 11) is 0. The first-order chi connectivity index (χ1) is 12.1. The second-order valence-corrected chi connectivity index (χ2v) is 5.87. The van der Waals surface area contributed by atoms with Crippen LogP contribution in [0.15, 0.2) is 46.9 Å². The number of nitrogens with zero attached hydrogens (tertiary/aromatic N) is 1. The minimum absolute atomic E-state index is 0.00294. The van der Waals surface area contributed by atoms with Crippen molar-refractivity contribution in [2.45, 2.75) is 25.4 Å². The fourth-order valence-corrected chi connectivity index (χ4v) is 2.52. The molecule has 0 atom stereocenters. The summed E-state index contributed by atoms with van der Waals surface area (Å²) in [6, 6.07) is 10.7. The number of oxazole rings is 1. The number of benzene rings is 2. The molecule has 1 aliphatic rings. The molecule has 0 radical (unpaired) electrons. The van der Waals surface area contributed by atoms with Crippen molar-refractivity contribution in [2.24, 2.45) is 0 Å². The number of nitrogens with one attached hydrogen (secondary N) is 1. The van der Waals surface area contributed by atoms with Gasteiger partial charge in [0.15, 0.2) is 11.5 Å². The Morgan fingerprint density at radius 3 is 2.64 bits per heavy atom. The number of alkyl halides is 2. The Morgan fingerprint density at radius 1 is 1.20 bits per heavy atom. The Bertz CT molecular complexity index is 918. The molecule has 0 bridgehead atoms. The molecular weight excluding hydrogens is 330 g/mol. The molecule has 0 aliphatic heterocycles. The lowest BCUT2D eigenvalue weighted by atomic mass is 10.2. The maximum absolute atomic E-state index is 12.3. The maximum atomic E-state index is 12.3. The van der Waals surface area contributed by atoms with E-state index in [0.717, 1.165) is 18.7 Å². The van der Waals surface area contributed by atoms with Gasteiger partial charge in [0.2, 0.25) is 0 Å². The molecule has 2 aromatic carbocycles. The highest BCUT2D eigenvalue weighted by Gasteiger charge is 2.28. The zero-order chi connectivity index (χ0) is 17.4. The van der Waals surface area contributed by atoms with Gasteiger partial charge in [0.05, 0.1) is 0 Å². The Kier molecular flexibility index (Phi) is 3.83. The highest BCUT2D eigenvalue weighted by Crippen LogP contribution is 2.40. The molecule has 1 N–H and O–H groups in total. The molecule has 0 saturated heterocycles. The van der Waals surface area contributed by atoms with Gasteiger partial charge in [0, 0.05) is 17.2 Å². The SMILES string of the molecule is O=C(Nc1ccc2oc(C3CC3)nc2c1)c1ccc(OC(F)F)cc1. The maximum Gasteiger partial charge on any atom is 0.387 e. The monoisotopic (exact) mass is 344 g/mol. The Balaban J connectivity index is 1.48. The average molecular weight is 344 g/mol. The average Bonchev–Trinajstić information content (AvgIpc) is 3.34. The summed E-state index contributed by atoms with van der Waals surface area (Å²) in [6.07, 6.45) is 2.20. The third-order valence-electron chi connectivity index (χ3n) is 3.93. The van der Waals surface area contributed by atoms with Gasteiger partial charge in [-0.3, -0.25) is 4.79 Å². The van der Waals surface area contributed by atoms with Crippen molar-refractivity contribution in [3.63, 3.8) is 0 Å². The van der Waals surface area contributed by atoms with Crippen molar-refractivity contribution in [1.29, 1.82) is 0 Å². The van der Waals surface area contributed by atoms with Gasteiger partial charge in [-0.05, 0) is 55.3 Å². The summed E-state index contributed by atoms with van der Waals surface area (Å²) in [4.78, 5) is 16.7. The zero-order valence-electron chi connectivity index (χ0n) is 13.0. The highest BCUT2D eigenvalue weighted by molar-refractivity contribution is 6.04. The van der Waals surface area contributed by atoms with Crippen LogP contribution in [0.4, 0.5) is 14.5 Å². The molecule has 1 saturated carbocycles. The second kappa shape index (κ2) is 6.16. The number of halogens is 2. The summed E-state index contributed by atoms with van der Waals surface area (Å²) in [5, 5.41) is 2.76. The number of rotatable bonds is 5. The molecule has 1 fully saturated rings. The summed E-state index contributed by atoms with van der Waals surface area (Å²) < 4.78 is 34.2. The Morgan fingerprint density at radius 2 is 1.96 bits per heavy atom. The van der Waals surface area contributed by atoms with Gasteiger partial charge in [0.25, 0.3) is 5.91 Å². The smallest absolute Gasteiger partial charge is 0.387 e. The van der Waals surface area contributed by atoms with Crippen molar-refractivity contribution in [2.75, 3.05) is 5.32 Å².